The van der Waals surface area contributed by atoms with Crippen LogP contribution in [0.5, 0.6) is 0 Å². The van der Waals surface area contributed by atoms with Crippen LogP contribution in [0.3, 0.4) is 0 Å². The normalized spacial score (nSPS) is 13.9. The van der Waals surface area contributed by atoms with Gasteiger partial charge >= 0.3 is 0 Å². The maximum atomic E-state index is 11.8. The lowest BCUT2D eigenvalue weighted by atomic mass is 10.0. The van der Waals surface area contributed by atoms with Crippen molar-refractivity contribution in [2.45, 2.75) is 39.8 Å². The van der Waals surface area contributed by atoms with Crippen LogP contribution in [0.15, 0.2) is 6.20 Å². The second kappa shape index (κ2) is 6.75. The van der Waals surface area contributed by atoms with Crippen molar-refractivity contribution in [3.05, 3.63) is 17.5 Å². The predicted octanol–water partition coefficient (Wildman–Crippen LogP) is 1.31. The third-order valence-electron chi connectivity index (χ3n) is 3.12. The maximum absolute atomic E-state index is 11.8. The number of aromatic nitrogens is 2. The fraction of sp³-hybridized carbons (Fsp3) is 0.667. The number of aryl methyl sites for hydroxylation is 1. The molecule has 1 heterocycles. The number of carbonyl (C=O) groups is 1. The molecule has 0 aromatic carbocycles. The van der Waals surface area contributed by atoms with Gasteiger partial charge in [0.05, 0.1) is 18.3 Å². The van der Waals surface area contributed by atoms with Crippen molar-refractivity contribution in [2.24, 2.45) is 18.7 Å². The fourth-order valence-corrected chi connectivity index (χ4v) is 1.63. The SMILES string of the molecule is Cc1c(C(C)NC(=O)[C@H](N)C(C)C)cnn1C.Cl. The second-order valence-electron chi connectivity index (χ2n) is 4.81. The minimum absolute atomic E-state index is 0. The first-order chi connectivity index (χ1) is 7.84. The first-order valence-electron chi connectivity index (χ1n) is 5.89. The molecule has 0 aliphatic heterocycles. The quantitative estimate of drug-likeness (QED) is 0.869. The summed E-state index contributed by atoms with van der Waals surface area (Å²) in [6.45, 7) is 7.79. The topological polar surface area (TPSA) is 72.9 Å². The van der Waals surface area contributed by atoms with Crippen LogP contribution in [0.4, 0.5) is 0 Å². The standard InChI is InChI=1S/C12H22N4O.ClH/c1-7(2)11(13)12(17)15-8(3)10-6-14-16(5)9(10)4;/h6-8,11H,13H2,1-5H3,(H,15,17);1H/t8?,11-;/m1./s1. The molecule has 18 heavy (non-hydrogen) atoms. The molecule has 0 fully saturated rings. The molecule has 1 aromatic heterocycles. The highest BCUT2D eigenvalue weighted by Gasteiger charge is 2.20. The number of carbonyl (C=O) groups excluding carboxylic acids is 1. The number of hydrogen-bond acceptors (Lipinski definition) is 3. The minimum Gasteiger partial charge on any atom is -0.348 e. The molecule has 0 saturated heterocycles. The van der Waals surface area contributed by atoms with Crippen molar-refractivity contribution in [2.75, 3.05) is 0 Å². The molecule has 1 aromatic rings. The molecule has 6 heteroatoms. The summed E-state index contributed by atoms with van der Waals surface area (Å²) in [5.41, 5.74) is 7.87. The third-order valence-corrected chi connectivity index (χ3v) is 3.12. The van der Waals surface area contributed by atoms with Gasteiger partial charge in [0, 0.05) is 18.3 Å². The summed E-state index contributed by atoms with van der Waals surface area (Å²) < 4.78 is 1.79. The van der Waals surface area contributed by atoms with E-state index in [-0.39, 0.29) is 30.3 Å². The Hall–Kier alpha value is -1.07. The first kappa shape index (κ1) is 16.9. The Morgan fingerprint density at radius 3 is 2.39 bits per heavy atom. The van der Waals surface area contributed by atoms with Gasteiger partial charge in [-0.2, -0.15) is 5.10 Å². The molecular formula is C12H23ClN4O. The zero-order valence-corrected chi connectivity index (χ0v) is 12.4. The summed E-state index contributed by atoms with van der Waals surface area (Å²) in [5, 5.41) is 7.07. The Morgan fingerprint density at radius 1 is 1.44 bits per heavy atom. The molecule has 104 valence electrons. The zero-order chi connectivity index (χ0) is 13.2. The van der Waals surface area contributed by atoms with Gasteiger partial charge in [-0.25, -0.2) is 0 Å². The van der Waals surface area contributed by atoms with Gasteiger partial charge in [-0.05, 0) is 19.8 Å². The van der Waals surface area contributed by atoms with Gasteiger partial charge in [0.25, 0.3) is 0 Å². The van der Waals surface area contributed by atoms with Crippen LogP contribution in [0, 0.1) is 12.8 Å². The van der Waals surface area contributed by atoms with E-state index in [1.165, 1.54) is 0 Å². The monoisotopic (exact) mass is 274 g/mol. The van der Waals surface area contributed by atoms with Gasteiger partial charge in [0.15, 0.2) is 0 Å². The summed E-state index contributed by atoms with van der Waals surface area (Å²) in [4.78, 5) is 11.8. The maximum Gasteiger partial charge on any atom is 0.237 e. The van der Waals surface area contributed by atoms with Crippen molar-refractivity contribution < 1.29 is 4.79 Å². The molecule has 1 unspecified atom stereocenters. The van der Waals surface area contributed by atoms with Crippen LogP contribution in [0.25, 0.3) is 0 Å². The van der Waals surface area contributed by atoms with Crippen molar-refractivity contribution in [1.82, 2.24) is 15.1 Å². The van der Waals surface area contributed by atoms with Gasteiger partial charge in [0.2, 0.25) is 5.91 Å². The molecule has 0 spiro atoms. The van der Waals surface area contributed by atoms with Gasteiger partial charge in [-0.15, -0.1) is 12.4 Å². The lowest BCUT2D eigenvalue weighted by molar-refractivity contribution is -0.123. The van der Waals surface area contributed by atoms with Crippen molar-refractivity contribution in [3.8, 4) is 0 Å². The Labute approximate surface area is 115 Å². The van der Waals surface area contributed by atoms with Crippen LogP contribution < -0.4 is 11.1 Å². The molecule has 0 aliphatic rings. The van der Waals surface area contributed by atoms with E-state index in [1.807, 2.05) is 34.7 Å². The predicted molar refractivity (Wildman–Crippen MR) is 74.6 cm³/mol. The summed E-state index contributed by atoms with van der Waals surface area (Å²) >= 11 is 0. The average molecular weight is 275 g/mol. The van der Waals surface area contributed by atoms with E-state index in [2.05, 4.69) is 10.4 Å². The number of halogens is 1. The number of nitrogens with zero attached hydrogens (tertiary/aromatic N) is 2. The van der Waals surface area contributed by atoms with Crippen molar-refractivity contribution in [3.63, 3.8) is 0 Å². The van der Waals surface area contributed by atoms with E-state index in [9.17, 15) is 4.79 Å². The number of nitrogens with one attached hydrogen (secondary N) is 1. The third kappa shape index (κ3) is 3.71. The number of nitrogens with two attached hydrogens (primary N) is 1. The Kier molecular flexibility index (Phi) is 6.35. The fourth-order valence-electron chi connectivity index (χ4n) is 1.63. The van der Waals surface area contributed by atoms with E-state index >= 15 is 0 Å². The smallest absolute Gasteiger partial charge is 0.237 e. The second-order valence-corrected chi connectivity index (χ2v) is 4.81. The number of hydrogen-bond donors (Lipinski definition) is 2. The van der Waals surface area contributed by atoms with Gasteiger partial charge in [-0.1, -0.05) is 13.8 Å². The van der Waals surface area contributed by atoms with Crippen molar-refractivity contribution >= 4 is 18.3 Å². The first-order valence-corrected chi connectivity index (χ1v) is 5.89. The highest BCUT2D eigenvalue weighted by molar-refractivity contribution is 5.85. The van der Waals surface area contributed by atoms with Crippen LogP contribution in [0.2, 0.25) is 0 Å². The lowest BCUT2D eigenvalue weighted by Gasteiger charge is -2.19. The number of rotatable bonds is 4. The Bertz CT molecular complexity index is 403. The Morgan fingerprint density at radius 2 is 2.00 bits per heavy atom. The minimum atomic E-state index is -0.463. The van der Waals surface area contributed by atoms with E-state index < -0.39 is 6.04 Å². The molecular weight excluding hydrogens is 252 g/mol. The van der Waals surface area contributed by atoms with Crippen LogP contribution in [-0.2, 0) is 11.8 Å². The summed E-state index contributed by atoms with van der Waals surface area (Å²) in [7, 11) is 1.88. The highest BCUT2D eigenvalue weighted by Crippen LogP contribution is 2.16. The van der Waals surface area contributed by atoms with Gasteiger partial charge in [0.1, 0.15) is 0 Å². The summed E-state index contributed by atoms with van der Waals surface area (Å²) in [6, 6.07) is -0.532. The lowest BCUT2D eigenvalue weighted by Crippen LogP contribution is -2.44. The molecule has 0 saturated carbocycles. The Balaban J connectivity index is 0.00000289. The molecule has 2 atom stereocenters. The van der Waals surface area contributed by atoms with Crippen LogP contribution in [-0.4, -0.2) is 21.7 Å². The molecule has 1 rings (SSSR count). The highest BCUT2D eigenvalue weighted by atomic mass is 35.5. The summed E-state index contributed by atoms with van der Waals surface area (Å²) in [6.07, 6.45) is 1.78. The van der Waals surface area contributed by atoms with E-state index in [0.717, 1.165) is 11.3 Å². The van der Waals surface area contributed by atoms with Crippen LogP contribution in [0.1, 0.15) is 38.1 Å². The van der Waals surface area contributed by atoms with E-state index in [1.54, 1.807) is 10.9 Å². The van der Waals surface area contributed by atoms with Gasteiger partial charge in [-0.3, -0.25) is 9.48 Å². The van der Waals surface area contributed by atoms with Crippen LogP contribution >= 0.6 is 12.4 Å². The average Bonchev–Trinajstić information content (AvgIpc) is 2.58. The van der Waals surface area contributed by atoms with E-state index in [0.29, 0.717) is 0 Å². The van der Waals surface area contributed by atoms with Crippen molar-refractivity contribution in [1.29, 1.82) is 0 Å². The largest absolute Gasteiger partial charge is 0.348 e. The molecule has 3 N–H and O–H groups in total. The molecule has 0 radical (unpaired) electrons. The molecule has 1 amide bonds. The summed E-state index contributed by atoms with van der Waals surface area (Å²) in [5.74, 6) is 0.0212. The zero-order valence-electron chi connectivity index (χ0n) is 11.6. The molecule has 5 nitrogen and oxygen atoms in total. The molecule has 0 aliphatic carbocycles. The molecule has 0 bridgehead atoms. The van der Waals surface area contributed by atoms with Gasteiger partial charge < -0.3 is 11.1 Å². The van der Waals surface area contributed by atoms with E-state index in [4.69, 9.17) is 5.73 Å². The number of amides is 1.